The van der Waals surface area contributed by atoms with E-state index in [0.29, 0.717) is 47.1 Å². The summed E-state index contributed by atoms with van der Waals surface area (Å²) in [5.41, 5.74) is 1.87. The van der Waals surface area contributed by atoms with Crippen LogP contribution in [0.15, 0.2) is 29.2 Å². The van der Waals surface area contributed by atoms with Crippen molar-refractivity contribution < 1.29 is 18.0 Å². The zero-order valence-electron chi connectivity index (χ0n) is 21.6. The van der Waals surface area contributed by atoms with Gasteiger partial charge in [0.1, 0.15) is 5.00 Å². The van der Waals surface area contributed by atoms with Crippen LogP contribution in [0.1, 0.15) is 65.3 Å². The summed E-state index contributed by atoms with van der Waals surface area (Å²) in [5, 5.41) is 6.15. The van der Waals surface area contributed by atoms with Crippen LogP contribution in [0.4, 0.5) is 5.00 Å². The summed E-state index contributed by atoms with van der Waals surface area (Å²) in [6.07, 6.45) is 1.77. The molecule has 4 rings (SSSR count). The zero-order valence-corrected chi connectivity index (χ0v) is 23.3. The lowest BCUT2D eigenvalue weighted by molar-refractivity contribution is 0.0962. The fourth-order valence-corrected chi connectivity index (χ4v) is 8.17. The monoisotopic (exact) mass is 532 g/mol. The van der Waals surface area contributed by atoms with Crippen molar-refractivity contribution in [2.24, 2.45) is 11.8 Å². The molecule has 0 spiro atoms. The Kier molecular flexibility index (Phi) is 7.89. The van der Waals surface area contributed by atoms with Gasteiger partial charge in [-0.05, 0) is 68.4 Å². The summed E-state index contributed by atoms with van der Waals surface area (Å²) < 4.78 is 27.9. The number of sulfonamides is 1. The van der Waals surface area contributed by atoms with Gasteiger partial charge in [0.05, 0.1) is 10.5 Å². The largest absolute Gasteiger partial charge is 0.355 e. The molecule has 2 aromatic rings. The fourth-order valence-electron chi connectivity index (χ4n) is 5.22. The lowest BCUT2D eigenvalue weighted by atomic mass is 9.94. The summed E-state index contributed by atoms with van der Waals surface area (Å²) >= 11 is 1.44. The number of carbonyl (C=O) groups excluding carboxylic acids is 2. The van der Waals surface area contributed by atoms with Gasteiger partial charge in [0.2, 0.25) is 10.0 Å². The van der Waals surface area contributed by atoms with Crippen molar-refractivity contribution in [1.82, 2.24) is 14.5 Å². The predicted octanol–water partition coefficient (Wildman–Crippen LogP) is 3.79. The maximum Gasteiger partial charge on any atom is 0.256 e. The number of thiophene rings is 1. The number of amides is 2. The van der Waals surface area contributed by atoms with Crippen LogP contribution >= 0.6 is 11.3 Å². The van der Waals surface area contributed by atoms with Crippen LogP contribution in [0.2, 0.25) is 0 Å². The van der Waals surface area contributed by atoms with Gasteiger partial charge >= 0.3 is 0 Å². The van der Waals surface area contributed by atoms with E-state index < -0.39 is 10.0 Å². The van der Waals surface area contributed by atoms with E-state index in [0.717, 1.165) is 36.4 Å². The van der Waals surface area contributed by atoms with E-state index in [1.165, 1.54) is 35.6 Å². The first-order chi connectivity index (χ1) is 17.0. The van der Waals surface area contributed by atoms with Crippen LogP contribution in [-0.4, -0.2) is 62.2 Å². The molecule has 2 atom stereocenters. The normalized spacial score (nSPS) is 21.3. The van der Waals surface area contributed by atoms with E-state index in [1.807, 2.05) is 0 Å². The van der Waals surface area contributed by atoms with E-state index in [2.05, 4.69) is 43.2 Å². The first kappa shape index (κ1) is 26.8. The van der Waals surface area contributed by atoms with Gasteiger partial charge in [-0.1, -0.05) is 13.8 Å². The van der Waals surface area contributed by atoms with Crippen molar-refractivity contribution in [3.8, 4) is 0 Å². The van der Waals surface area contributed by atoms with Crippen LogP contribution in [0.25, 0.3) is 0 Å². The van der Waals surface area contributed by atoms with Gasteiger partial charge in [-0.2, -0.15) is 4.31 Å². The molecule has 1 aromatic heterocycles. The molecule has 0 bridgehead atoms. The standard InChI is InChI=1S/C26H36N4O4S2/c1-16(2)29-11-10-21-22(15-29)35-26(23(21)25(32)27-5)28-24(31)19-6-8-20(9-7-19)36(33,34)30-13-17(3)12-18(4)14-30/h6-9,16-18H,10-15H2,1-5H3,(H,27,32)(H,28,31). The van der Waals surface area contributed by atoms with Crippen molar-refractivity contribution in [2.45, 2.75) is 58.0 Å². The van der Waals surface area contributed by atoms with Crippen LogP contribution in [0.3, 0.4) is 0 Å². The minimum Gasteiger partial charge on any atom is -0.355 e. The number of anilines is 1. The van der Waals surface area contributed by atoms with Crippen LogP contribution in [0, 0.1) is 11.8 Å². The highest BCUT2D eigenvalue weighted by atomic mass is 32.2. The van der Waals surface area contributed by atoms with Crippen LogP contribution in [-0.2, 0) is 23.0 Å². The third-order valence-corrected chi connectivity index (χ3v) is 10.1. The first-order valence-electron chi connectivity index (χ1n) is 12.5. The number of nitrogens with one attached hydrogen (secondary N) is 2. The highest BCUT2D eigenvalue weighted by Gasteiger charge is 2.32. The highest BCUT2D eigenvalue weighted by Crippen LogP contribution is 2.38. The summed E-state index contributed by atoms with van der Waals surface area (Å²) in [5.74, 6) is 0.0375. The van der Waals surface area contributed by atoms with Gasteiger partial charge in [0.15, 0.2) is 0 Å². The number of hydrogen-bond donors (Lipinski definition) is 2. The average molecular weight is 533 g/mol. The van der Waals surface area contributed by atoms with E-state index in [4.69, 9.17) is 0 Å². The molecule has 8 nitrogen and oxygen atoms in total. The Morgan fingerprint density at radius 3 is 2.28 bits per heavy atom. The molecule has 196 valence electrons. The van der Waals surface area contributed by atoms with Gasteiger partial charge in [-0.25, -0.2) is 8.42 Å². The molecule has 3 heterocycles. The second kappa shape index (κ2) is 10.6. The van der Waals surface area contributed by atoms with Gasteiger partial charge in [-0.3, -0.25) is 14.5 Å². The molecule has 2 amide bonds. The Bertz CT molecular complexity index is 1230. The average Bonchev–Trinajstić information content (AvgIpc) is 3.19. The highest BCUT2D eigenvalue weighted by molar-refractivity contribution is 7.89. The lowest BCUT2D eigenvalue weighted by Gasteiger charge is -2.34. The molecule has 0 saturated carbocycles. The van der Waals surface area contributed by atoms with Crippen LogP contribution < -0.4 is 10.6 Å². The molecule has 2 aliphatic heterocycles. The summed E-state index contributed by atoms with van der Waals surface area (Å²) in [6, 6.07) is 6.45. The molecule has 1 fully saturated rings. The van der Waals surface area contributed by atoms with Crippen molar-refractivity contribution in [2.75, 3.05) is 32.0 Å². The number of carbonyl (C=O) groups is 2. The third-order valence-electron chi connectivity index (χ3n) is 7.09. The molecule has 1 saturated heterocycles. The zero-order chi connectivity index (χ0) is 26.2. The van der Waals surface area contributed by atoms with E-state index in [1.54, 1.807) is 11.4 Å². The molecule has 2 unspecified atom stereocenters. The van der Waals surface area contributed by atoms with E-state index in [-0.39, 0.29) is 16.7 Å². The molecular formula is C26H36N4O4S2. The van der Waals surface area contributed by atoms with Crippen LogP contribution in [0.5, 0.6) is 0 Å². The van der Waals surface area contributed by atoms with Crippen molar-refractivity contribution in [1.29, 1.82) is 0 Å². The summed E-state index contributed by atoms with van der Waals surface area (Å²) in [4.78, 5) is 29.4. The summed E-state index contributed by atoms with van der Waals surface area (Å²) in [6.45, 7) is 11.1. The Morgan fingerprint density at radius 1 is 1.06 bits per heavy atom. The van der Waals surface area contributed by atoms with E-state index in [9.17, 15) is 18.0 Å². The van der Waals surface area contributed by atoms with Gasteiger partial charge in [0.25, 0.3) is 11.8 Å². The summed E-state index contributed by atoms with van der Waals surface area (Å²) in [7, 11) is -2.03. The Balaban J connectivity index is 1.54. The molecule has 2 aliphatic rings. The smallest absolute Gasteiger partial charge is 0.256 e. The molecule has 0 radical (unpaired) electrons. The van der Waals surface area contributed by atoms with Crippen molar-refractivity contribution in [3.05, 3.63) is 45.8 Å². The van der Waals surface area contributed by atoms with Gasteiger partial charge in [0, 0.05) is 49.7 Å². The van der Waals surface area contributed by atoms with E-state index >= 15 is 0 Å². The Hall–Kier alpha value is -2.27. The number of rotatable bonds is 6. The number of piperidine rings is 1. The molecule has 10 heteroatoms. The second-order valence-electron chi connectivity index (χ2n) is 10.3. The number of benzene rings is 1. The minimum absolute atomic E-state index is 0.187. The number of fused-ring (bicyclic) bond motifs is 1. The topological polar surface area (TPSA) is 98.8 Å². The van der Waals surface area contributed by atoms with Gasteiger partial charge in [-0.15, -0.1) is 11.3 Å². The molecule has 1 aromatic carbocycles. The molecule has 0 aliphatic carbocycles. The molecular weight excluding hydrogens is 496 g/mol. The third kappa shape index (κ3) is 5.37. The minimum atomic E-state index is -3.62. The maximum absolute atomic E-state index is 13.2. The van der Waals surface area contributed by atoms with Crippen molar-refractivity contribution >= 4 is 38.2 Å². The Labute approximate surface area is 218 Å². The number of hydrogen-bond acceptors (Lipinski definition) is 6. The van der Waals surface area contributed by atoms with Crippen molar-refractivity contribution in [3.63, 3.8) is 0 Å². The molecule has 36 heavy (non-hydrogen) atoms. The predicted molar refractivity (Wildman–Crippen MR) is 143 cm³/mol. The Morgan fingerprint density at radius 2 is 1.69 bits per heavy atom. The SMILES string of the molecule is CNC(=O)c1c(NC(=O)c2ccc(S(=O)(=O)N3CC(C)CC(C)C3)cc2)sc2c1CCN(C(C)C)C2. The number of nitrogens with zero attached hydrogens (tertiary/aromatic N) is 2. The fraction of sp³-hybridized carbons (Fsp3) is 0.538. The molecule has 2 N–H and O–H groups in total. The van der Waals surface area contributed by atoms with Gasteiger partial charge < -0.3 is 10.6 Å². The maximum atomic E-state index is 13.2. The second-order valence-corrected chi connectivity index (χ2v) is 13.4. The first-order valence-corrected chi connectivity index (χ1v) is 14.8. The lowest BCUT2D eigenvalue weighted by Crippen LogP contribution is -2.42. The quantitative estimate of drug-likeness (QED) is 0.590.